The Bertz CT molecular complexity index is 1910. The zero-order chi connectivity index (χ0) is 27.1. The molecule has 4 aromatic rings. The molecular weight excluding hydrogens is 488 g/mol. The number of nitrogens with one attached hydrogen (secondary N) is 3. The highest BCUT2D eigenvalue weighted by atomic mass is 16.3. The first-order valence-corrected chi connectivity index (χ1v) is 13.4. The molecule has 7 heteroatoms. The Morgan fingerprint density at radius 2 is 1.54 bits per heavy atom. The third-order valence-electron chi connectivity index (χ3n) is 8.41. The van der Waals surface area contributed by atoms with Gasteiger partial charge < -0.3 is 26.2 Å². The molecule has 7 rings (SSSR count). The second-order valence-electron chi connectivity index (χ2n) is 11.1. The molecule has 0 saturated heterocycles. The van der Waals surface area contributed by atoms with E-state index < -0.39 is 11.3 Å². The Hall–Kier alpha value is -4.36. The molecule has 2 aliphatic heterocycles. The number of carbonyl (C=O) groups excluding carboxylic acids is 1. The van der Waals surface area contributed by atoms with Crippen molar-refractivity contribution in [2.75, 3.05) is 22.6 Å². The molecule has 2 unspecified atom stereocenters. The van der Waals surface area contributed by atoms with Gasteiger partial charge in [-0.05, 0) is 43.2 Å². The first kappa shape index (κ1) is 23.7. The summed E-state index contributed by atoms with van der Waals surface area (Å²) in [6, 6.07) is 19.8. The lowest BCUT2D eigenvalue weighted by Gasteiger charge is -2.39. The molecule has 2 atom stereocenters. The molecule has 5 N–H and O–H groups in total. The van der Waals surface area contributed by atoms with Crippen LogP contribution < -0.4 is 26.5 Å². The van der Waals surface area contributed by atoms with Crippen molar-refractivity contribution in [2.24, 2.45) is 4.99 Å². The quantitative estimate of drug-likeness (QED) is 0.266. The average Bonchev–Trinajstić information content (AvgIpc) is 2.91. The molecule has 4 aromatic carbocycles. The summed E-state index contributed by atoms with van der Waals surface area (Å²) in [5.74, 6) is -0.220. The van der Waals surface area contributed by atoms with E-state index >= 15 is 0 Å². The minimum atomic E-state index is -0.734. The zero-order valence-electron chi connectivity index (χ0n) is 22.1. The predicted molar refractivity (Wildman–Crippen MR) is 156 cm³/mol. The van der Waals surface area contributed by atoms with Crippen LogP contribution in [0.3, 0.4) is 0 Å². The molecule has 7 nitrogen and oxygen atoms in total. The Kier molecular flexibility index (Phi) is 4.91. The van der Waals surface area contributed by atoms with Gasteiger partial charge in [-0.2, -0.15) is 0 Å². The zero-order valence-corrected chi connectivity index (χ0v) is 22.1. The first-order valence-electron chi connectivity index (χ1n) is 13.4. The lowest BCUT2D eigenvalue weighted by atomic mass is 9.79. The van der Waals surface area contributed by atoms with E-state index in [2.05, 4.69) is 41.9 Å². The van der Waals surface area contributed by atoms with Crippen LogP contribution in [0.15, 0.2) is 71.4 Å². The number of benzene rings is 4. The molecule has 0 bridgehead atoms. The number of aliphatic hydroxyl groups is 2. The number of carbonyl (C=O) groups is 1. The number of ketones is 1. The summed E-state index contributed by atoms with van der Waals surface area (Å²) < 4.78 is 0. The molecule has 0 aromatic heterocycles. The standard InChI is InChI=1S/C32H30N4O3/c1-4-31(2)33-21-9-5-7-17-11-13-19(27(35-31)23(17)21)25-29(38)26(30(25)39)20-14-12-18-8-6-10-22-24(18)28(20)36-32(3,34-22)15-16-37/h5-14,33-35,37-38H,4,15-16H2,1-3H3/b26-20+. The van der Waals surface area contributed by atoms with Crippen molar-refractivity contribution < 1.29 is 15.0 Å². The summed E-state index contributed by atoms with van der Waals surface area (Å²) in [6.07, 6.45) is 1.23. The Morgan fingerprint density at radius 3 is 2.23 bits per heavy atom. The van der Waals surface area contributed by atoms with Gasteiger partial charge in [0, 0.05) is 46.0 Å². The van der Waals surface area contributed by atoms with Gasteiger partial charge in [-0.1, -0.05) is 55.5 Å². The molecule has 196 valence electrons. The number of hydrogen-bond donors (Lipinski definition) is 5. The fourth-order valence-electron chi connectivity index (χ4n) is 6.19. The van der Waals surface area contributed by atoms with E-state index in [0.717, 1.165) is 45.0 Å². The number of nitrogens with zero attached hydrogens (tertiary/aromatic N) is 1. The second-order valence-corrected chi connectivity index (χ2v) is 11.1. The number of aliphatic hydroxyl groups excluding tert-OH is 2. The number of Topliss-reactive ketones (excluding diaryl/α,β-unsaturated/α-hetero) is 1. The van der Waals surface area contributed by atoms with E-state index in [1.165, 1.54) is 0 Å². The van der Waals surface area contributed by atoms with Gasteiger partial charge in [0.25, 0.3) is 0 Å². The van der Waals surface area contributed by atoms with Crippen LogP contribution in [0.2, 0.25) is 0 Å². The van der Waals surface area contributed by atoms with Crippen LogP contribution >= 0.6 is 0 Å². The third kappa shape index (κ3) is 3.32. The maximum atomic E-state index is 13.9. The number of allylic oxidation sites excluding steroid dienone is 2. The van der Waals surface area contributed by atoms with Gasteiger partial charge in [-0.25, -0.2) is 0 Å². The van der Waals surface area contributed by atoms with E-state index in [1.54, 1.807) is 0 Å². The molecule has 2 heterocycles. The topological polar surface area (TPSA) is 106 Å². The van der Waals surface area contributed by atoms with Crippen LogP contribution in [0.25, 0.3) is 32.7 Å². The van der Waals surface area contributed by atoms with E-state index in [0.29, 0.717) is 28.1 Å². The van der Waals surface area contributed by atoms with E-state index in [-0.39, 0.29) is 23.7 Å². The highest BCUT2D eigenvalue weighted by Crippen LogP contribution is 2.47. The summed E-state index contributed by atoms with van der Waals surface area (Å²) in [6.45, 7) is 6.10. The van der Waals surface area contributed by atoms with Crippen LogP contribution in [0.4, 0.5) is 17.1 Å². The van der Waals surface area contributed by atoms with Crippen molar-refractivity contribution >= 4 is 55.5 Å². The first-order chi connectivity index (χ1) is 18.8. The summed E-state index contributed by atoms with van der Waals surface area (Å²) in [4.78, 5) is 18.9. The van der Waals surface area contributed by atoms with Crippen LogP contribution in [-0.4, -0.2) is 33.9 Å². The Morgan fingerprint density at radius 1 is 0.846 bits per heavy atom. The van der Waals surface area contributed by atoms with Crippen LogP contribution in [0.5, 0.6) is 0 Å². The molecule has 39 heavy (non-hydrogen) atoms. The molecule has 3 aliphatic rings. The SMILES string of the molecule is CCC1(C)Nc2cccc3ccc(C4=C(O)/C(=c5/ccc6cccc7c6c5=NC(C)(CCO)N7)C4=O)c(c23)N1. The van der Waals surface area contributed by atoms with Gasteiger partial charge in [0.2, 0.25) is 5.78 Å². The minimum absolute atomic E-state index is 0.0164. The van der Waals surface area contributed by atoms with Crippen molar-refractivity contribution in [2.45, 2.75) is 44.9 Å². The summed E-state index contributed by atoms with van der Waals surface area (Å²) in [5.41, 5.74) is 2.92. The maximum Gasteiger partial charge on any atom is 0.201 e. The fraction of sp³-hybridized carbons (Fsp3) is 0.250. The third-order valence-corrected chi connectivity index (χ3v) is 8.41. The second kappa shape index (κ2) is 8.07. The van der Waals surface area contributed by atoms with Crippen molar-refractivity contribution in [3.63, 3.8) is 0 Å². The monoisotopic (exact) mass is 518 g/mol. The number of anilines is 3. The van der Waals surface area contributed by atoms with Crippen molar-refractivity contribution in [1.82, 2.24) is 0 Å². The highest BCUT2D eigenvalue weighted by molar-refractivity contribution is 6.52. The number of rotatable bonds is 4. The number of hydrogen-bond acceptors (Lipinski definition) is 7. The minimum Gasteiger partial charge on any atom is -0.506 e. The average molecular weight is 519 g/mol. The van der Waals surface area contributed by atoms with E-state index in [4.69, 9.17) is 4.99 Å². The predicted octanol–water partition coefficient (Wildman–Crippen LogP) is 4.80. The Labute approximate surface area is 225 Å². The van der Waals surface area contributed by atoms with Crippen LogP contribution in [0, 0.1) is 0 Å². The van der Waals surface area contributed by atoms with Gasteiger partial charge in [-0.3, -0.25) is 9.79 Å². The van der Waals surface area contributed by atoms with Crippen LogP contribution in [-0.2, 0) is 4.79 Å². The summed E-state index contributed by atoms with van der Waals surface area (Å²) >= 11 is 0. The van der Waals surface area contributed by atoms with Gasteiger partial charge in [0.05, 0.1) is 22.2 Å². The van der Waals surface area contributed by atoms with Gasteiger partial charge in [0.1, 0.15) is 17.1 Å². The van der Waals surface area contributed by atoms with Gasteiger partial charge in [0.15, 0.2) is 0 Å². The fourth-order valence-corrected chi connectivity index (χ4v) is 6.19. The van der Waals surface area contributed by atoms with Crippen molar-refractivity contribution in [3.8, 4) is 0 Å². The molecule has 0 spiro atoms. The lowest BCUT2D eigenvalue weighted by Crippen LogP contribution is -2.45. The van der Waals surface area contributed by atoms with Gasteiger partial charge >= 0.3 is 0 Å². The van der Waals surface area contributed by atoms with Crippen molar-refractivity contribution in [3.05, 3.63) is 82.6 Å². The largest absolute Gasteiger partial charge is 0.506 e. The van der Waals surface area contributed by atoms with Crippen molar-refractivity contribution in [1.29, 1.82) is 0 Å². The molecular formula is C32H30N4O3. The van der Waals surface area contributed by atoms with E-state index in [9.17, 15) is 15.0 Å². The van der Waals surface area contributed by atoms with Gasteiger partial charge in [-0.15, -0.1) is 0 Å². The highest BCUT2D eigenvalue weighted by Gasteiger charge is 2.40. The van der Waals surface area contributed by atoms with E-state index in [1.807, 2.05) is 55.5 Å². The molecule has 1 aliphatic carbocycles. The maximum absolute atomic E-state index is 13.9. The van der Waals surface area contributed by atoms with Crippen LogP contribution in [0.1, 0.15) is 39.2 Å². The molecule has 0 fully saturated rings. The Balaban J connectivity index is 1.50. The normalized spacial score (nSPS) is 24.6. The summed E-state index contributed by atoms with van der Waals surface area (Å²) in [7, 11) is 0. The smallest absolute Gasteiger partial charge is 0.201 e. The lowest BCUT2D eigenvalue weighted by molar-refractivity contribution is -0.109. The molecule has 0 radical (unpaired) electrons. The summed E-state index contributed by atoms with van der Waals surface area (Å²) in [5, 5.41) is 37.1. The molecule has 0 amide bonds. The molecule has 0 saturated carbocycles.